The van der Waals surface area contributed by atoms with E-state index >= 15 is 0 Å². The number of benzene rings is 1. The first kappa shape index (κ1) is 16.7. The molecule has 1 aliphatic rings. The second-order valence-electron chi connectivity index (χ2n) is 5.76. The van der Waals surface area contributed by atoms with E-state index in [0.29, 0.717) is 26.0 Å². The van der Waals surface area contributed by atoms with Crippen LogP contribution in [0.1, 0.15) is 19.3 Å². The molecule has 0 radical (unpaired) electrons. The lowest BCUT2D eigenvalue weighted by Gasteiger charge is -2.28. The Morgan fingerprint density at radius 3 is 2.82 bits per heavy atom. The molecule has 3 atom stereocenters. The second kappa shape index (κ2) is 7.56. The second-order valence-corrected chi connectivity index (χ2v) is 5.76. The van der Waals surface area contributed by atoms with Gasteiger partial charge in [-0.3, -0.25) is 4.79 Å². The quantitative estimate of drug-likeness (QED) is 0.741. The van der Waals surface area contributed by atoms with Crippen molar-refractivity contribution in [3.8, 4) is 5.75 Å². The van der Waals surface area contributed by atoms with E-state index in [-0.39, 0.29) is 17.6 Å². The predicted molar refractivity (Wildman–Crippen MR) is 80.9 cm³/mol. The van der Waals surface area contributed by atoms with Gasteiger partial charge in [-0.05, 0) is 38.4 Å². The molecule has 0 saturated heterocycles. The highest BCUT2D eigenvalue weighted by molar-refractivity contribution is 5.77. The third-order valence-corrected chi connectivity index (χ3v) is 4.26. The average molecular weight is 310 g/mol. The van der Waals surface area contributed by atoms with Crippen LogP contribution in [-0.4, -0.2) is 48.3 Å². The average Bonchev–Trinajstić information content (AvgIpc) is 2.87. The fourth-order valence-electron chi connectivity index (χ4n) is 2.98. The van der Waals surface area contributed by atoms with Crippen molar-refractivity contribution in [3.05, 3.63) is 30.1 Å². The molecular formula is C16H23FN2O3. The maximum atomic E-state index is 13.4. The Labute approximate surface area is 129 Å². The number of primary amides is 1. The molecule has 1 aromatic rings. The highest BCUT2D eigenvalue weighted by atomic mass is 19.1. The number of likely N-dealkylation sites (N-methyl/N-ethyl adjacent to an activating group) is 1. The molecule has 1 amide bonds. The van der Waals surface area contributed by atoms with Crippen LogP contribution in [0.2, 0.25) is 0 Å². The van der Waals surface area contributed by atoms with Crippen molar-refractivity contribution < 1.29 is 19.0 Å². The van der Waals surface area contributed by atoms with Crippen molar-refractivity contribution in [2.75, 3.05) is 20.2 Å². The first-order valence-electron chi connectivity index (χ1n) is 7.55. The molecule has 1 saturated carbocycles. The zero-order valence-corrected chi connectivity index (χ0v) is 12.7. The Hall–Kier alpha value is -1.66. The van der Waals surface area contributed by atoms with Gasteiger partial charge < -0.3 is 20.5 Å². The number of aliphatic hydroxyl groups excluding tert-OH is 1. The van der Waals surface area contributed by atoms with Gasteiger partial charge >= 0.3 is 0 Å². The summed E-state index contributed by atoms with van der Waals surface area (Å²) in [5.74, 6) is -1.01. The molecule has 0 unspecified atom stereocenters. The number of halogens is 1. The van der Waals surface area contributed by atoms with Crippen molar-refractivity contribution in [1.82, 2.24) is 4.90 Å². The van der Waals surface area contributed by atoms with E-state index in [1.54, 1.807) is 18.2 Å². The monoisotopic (exact) mass is 310 g/mol. The van der Waals surface area contributed by atoms with E-state index in [1.807, 2.05) is 11.9 Å². The van der Waals surface area contributed by atoms with Gasteiger partial charge in [0.2, 0.25) is 5.91 Å². The smallest absolute Gasteiger partial charge is 0.223 e. The minimum atomic E-state index is -0.713. The van der Waals surface area contributed by atoms with Gasteiger partial charge in [-0.1, -0.05) is 12.1 Å². The standard InChI is InChI=1S/C16H23FN2O3/c1-19(13-8-7-11(15(13)20)16(18)21)9-4-10-22-14-6-3-2-5-12(14)17/h2-3,5-6,11,13,15,20H,4,7-10H2,1H3,(H2,18,21)/t11-,13-,15+/m1/s1. The van der Waals surface area contributed by atoms with Gasteiger partial charge in [-0.25, -0.2) is 4.39 Å². The number of carbonyl (C=O) groups is 1. The topological polar surface area (TPSA) is 75.8 Å². The van der Waals surface area contributed by atoms with Crippen LogP contribution < -0.4 is 10.5 Å². The lowest BCUT2D eigenvalue weighted by molar-refractivity contribution is -0.124. The number of carbonyl (C=O) groups excluding carboxylic acids is 1. The zero-order valence-electron chi connectivity index (χ0n) is 12.7. The third-order valence-electron chi connectivity index (χ3n) is 4.26. The maximum absolute atomic E-state index is 13.4. The number of hydrogen-bond donors (Lipinski definition) is 2. The van der Waals surface area contributed by atoms with E-state index in [4.69, 9.17) is 10.5 Å². The Morgan fingerprint density at radius 1 is 1.45 bits per heavy atom. The Morgan fingerprint density at radius 2 is 2.18 bits per heavy atom. The fraction of sp³-hybridized carbons (Fsp3) is 0.562. The van der Waals surface area contributed by atoms with Crippen molar-refractivity contribution in [2.24, 2.45) is 11.7 Å². The molecule has 0 aliphatic heterocycles. The number of nitrogens with two attached hydrogens (primary N) is 1. The molecule has 0 aromatic heterocycles. The zero-order chi connectivity index (χ0) is 16.1. The first-order valence-corrected chi connectivity index (χ1v) is 7.55. The molecule has 122 valence electrons. The van der Waals surface area contributed by atoms with Gasteiger partial charge in [-0.2, -0.15) is 0 Å². The van der Waals surface area contributed by atoms with E-state index in [2.05, 4.69) is 0 Å². The van der Waals surface area contributed by atoms with Crippen molar-refractivity contribution in [1.29, 1.82) is 0 Å². The summed E-state index contributed by atoms with van der Waals surface area (Å²) in [5, 5.41) is 10.1. The summed E-state index contributed by atoms with van der Waals surface area (Å²) < 4.78 is 18.8. The molecular weight excluding hydrogens is 287 g/mol. The number of aliphatic hydroxyl groups is 1. The van der Waals surface area contributed by atoms with Gasteiger partial charge in [0.1, 0.15) is 0 Å². The number of nitrogens with zero attached hydrogens (tertiary/aromatic N) is 1. The number of hydrogen-bond acceptors (Lipinski definition) is 4. The van der Waals surface area contributed by atoms with E-state index < -0.39 is 17.9 Å². The predicted octanol–water partition coefficient (Wildman–Crippen LogP) is 1.15. The van der Waals surface area contributed by atoms with Crippen molar-refractivity contribution >= 4 is 5.91 Å². The Balaban J connectivity index is 1.73. The van der Waals surface area contributed by atoms with Gasteiger partial charge in [0, 0.05) is 12.6 Å². The lowest BCUT2D eigenvalue weighted by Crippen LogP contribution is -2.43. The summed E-state index contributed by atoms with van der Waals surface area (Å²) >= 11 is 0. The van der Waals surface area contributed by atoms with Crippen LogP contribution in [0.5, 0.6) is 5.75 Å². The lowest BCUT2D eigenvalue weighted by atomic mass is 10.0. The molecule has 2 rings (SSSR count). The van der Waals surface area contributed by atoms with E-state index in [9.17, 15) is 14.3 Å². The van der Waals surface area contributed by atoms with Crippen LogP contribution in [0.4, 0.5) is 4.39 Å². The van der Waals surface area contributed by atoms with Crippen LogP contribution in [0.25, 0.3) is 0 Å². The molecule has 3 N–H and O–H groups in total. The van der Waals surface area contributed by atoms with Crippen molar-refractivity contribution in [2.45, 2.75) is 31.4 Å². The molecule has 22 heavy (non-hydrogen) atoms. The molecule has 0 heterocycles. The van der Waals surface area contributed by atoms with Crippen LogP contribution in [0.3, 0.4) is 0 Å². The molecule has 0 spiro atoms. The summed E-state index contributed by atoms with van der Waals surface area (Å²) in [4.78, 5) is 13.2. The van der Waals surface area contributed by atoms with Gasteiger partial charge in [0.25, 0.3) is 0 Å². The third kappa shape index (κ3) is 3.96. The first-order chi connectivity index (χ1) is 10.5. The number of para-hydroxylation sites is 1. The minimum Gasteiger partial charge on any atom is -0.490 e. The molecule has 1 aromatic carbocycles. The SMILES string of the molecule is CN(CCCOc1ccccc1F)[C@@H]1CC[C@@H](C(N)=O)[C@@H]1O. The highest BCUT2D eigenvalue weighted by Gasteiger charge is 2.39. The van der Waals surface area contributed by atoms with E-state index in [1.165, 1.54) is 6.07 Å². The van der Waals surface area contributed by atoms with Crippen LogP contribution >= 0.6 is 0 Å². The van der Waals surface area contributed by atoms with Crippen LogP contribution in [0, 0.1) is 11.7 Å². The Kier molecular flexibility index (Phi) is 5.74. The number of amides is 1. The fourth-order valence-corrected chi connectivity index (χ4v) is 2.98. The molecule has 6 heteroatoms. The van der Waals surface area contributed by atoms with Gasteiger partial charge in [-0.15, -0.1) is 0 Å². The summed E-state index contributed by atoms with van der Waals surface area (Å²) in [6, 6.07) is 6.24. The normalized spacial score (nSPS) is 24.6. The number of rotatable bonds is 7. The maximum Gasteiger partial charge on any atom is 0.223 e. The van der Waals surface area contributed by atoms with Crippen LogP contribution in [-0.2, 0) is 4.79 Å². The summed E-state index contributed by atoms with van der Waals surface area (Å²) in [7, 11) is 1.90. The molecule has 5 nitrogen and oxygen atoms in total. The largest absolute Gasteiger partial charge is 0.490 e. The van der Waals surface area contributed by atoms with Crippen molar-refractivity contribution in [3.63, 3.8) is 0 Å². The Bertz CT molecular complexity index is 512. The molecule has 0 bridgehead atoms. The molecule has 1 aliphatic carbocycles. The summed E-state index contributed by atoms with van der Waals surface area (Å²) in [6.07, 6.45) is 1.36. The van der Waals surface area contributed by atoms with Gasteiger partial charge in [0.15, 0.2) is 11.6 Å². The van der Waals surface area contributed by atoms with Crippen LogP contribution in [0.15, 0.2) is 24.3 Å². The minimum absolute atomic E-state index is 0.0639. The van der Waals surface area contributed by atoms with E-state index in [0.717, 1.165) is 6.42 Å². The summed E-state index contributed by atoms with van der Waals surface area (Å²) in [6.45, 7) is 1.09. The highest BCUT2D eigenvalue weighted by Crippen LogP contribution is 2.29. The van der Waals surface area contributed by atoms with Gasteiger partial charge in [0.05, 0.1) is 18.6 Å². The molecule has 1 fully saturated rings. The summed E-state index contributed by atoms with van der Waals surface area (Å²) in [5.41, 5.74) is 5.28. The number of ether oxygens (including phenoxy) is 1.